The first-order chi connectivity index (χ1) is 20.8. The molecule has 0 saturated carbocycles. The SMILES string of the molecule is CCCCNC(=O)C(Cc1ccccc1)N(Cc1cccc(Cl)c1)C(=O)CN(c1ccccc1)S(=O)(=O)c1ccccc1. The van der Waals surface area contributed by atoms with E-state index in [1.165, 1.54) is 17.0 Å². The van der Waals surface area contributed by atoms with Crippen LogP contribution < -0.4 is 9.62 Å². The lowest BCUT2D eigenvalue weighted by Crippen LogP contribution is -2.53. The quantitative estimate of drug-likeness (QED) is 0.174. The molecule has 0 fully saturated rings. The summed E-state index contributed by atoms with van der Waals surface area (Å²) >= 11 is 6.29. The second-order valence-corrected chi connectivity index (χ2v) is 12.5. The Morgan fingerprint density at radius 1 is 0.814 bits per heavy atom. The third kappa shape index (κ3) is 8.69. The van der Waals surface area contributed by atoms with Crippen molar-refractivity contribution in [2.45, 2.75) is 43.7 Å². The average molecular weight is 618 g/mol. The zero-order chi connectivity index (χ0) is 30.7. The van der Waals surface area contributed by atoms with Crippen molar-refractivity contribution in [1.82, 2.24) is 10.2 Å². The van der Waals surface area contributed by atoms with Crippen LogP contribution in [0.4, 0.5) is 5.69 Å². The molecular weight excluding hydrogens is 582 g/mol. The predicted octanol–water partition coefficient (Wildman–Crippen LogP) is 6.09. The standard InChI is InChI=1S/C34H36ClN3O4S/c1-2-3-22-36-34(40)32(24-27-14-7-4-8-15-27)37(25-28-16-13-17-29(35)23-28)33(39)26-38(30-18-9-5-10-19-30)43(41,42)31-20-11-6-12-21-31/h4-21,23,32H,2-3,22,24-26H2,1H3,(H,36,40). The van der Waals surface area contributed by atoms with Crippen LogP contribution in [0.15, 0.2) is 120 Å². The number of benzene rings is 4. The molecule has 0 aromatic heterocycles. The first-order valence-electron chi connectivity index (χ1n) is 14.3. The largest absolute Gasteiger partial charge is 0.354 e. The van der Waals surface area contributed by atoms with E-state index in [0.29, 0.717) is 17.3 Å². The van der Waals surface area contributed by atoms with Gasteiger partial charge in [-0.25, -0.2) is 8.42 Å². The smallest absolute Gasteiger partial charge is 0.264 e. The molecule has 0 bridgehead atoms. The van der Waals surface area contributed by atoms with Crippen LogP contribution in [0.5, 0.6) is 0 Å². The molecule has 7 nitrogen and oxygen atoms in total. The highest BCUT2D eigenvalue weighted by Crippen LogP contribution is 2.25. The molecule has 1 atom stereocenters. The molecule has 4 rings (SSSR count). The van der Waals surface area contributed by atoms with Crippen LogP contribution in [0.1, 0.15) is 30.9 Å². The number of carbonyl (C=O) groups is 2. The summed E-state index contributed by atoms with van der Waals surface area (Å²) in [5.74, 6) is -0.820. The molecule has 1 unspecified atom stereocenters. The minimum absolute atomic E-state index is 0.0613. The van der Waals surface area contributed by atoms with Crippen molar-refractivity contribution in [2.24, 2.45) is 0 Å². The van der Waals surface area contributed by atoms with Crippen molar-refractivity contribution in [3.05, 3.63) is 131 Å². The first kappa shape index (κ1) is 31.8. The van der Waals surface area contributed by atoms with E-state index in [1.54, 1.807) is 66.7 Å². The molecule has 0 aliphatic rings. The second kappa shape index (κ2) is 15.4. The Labute approximate surface area is 259 Å². The highest BCUT2D eigenvalue weighted by atomic mass is 35.5. The first-order valence-corrected chi connectivity index (χ1v) is 16.1. The molecule has 1 N–H and O–H groups in total. The van der Waals surface area contributed by atoms with Crippen LogP contribution in [-0.4, -0.2) is 44.3 Å². The second-order valence-electron chi connectivity index (χ2n) is 10.2. The maximum Gasteiger partial charge on any atom is 0.264 e. The molecule has 9 heteroatoms. The molecule has 0 radical (unpaired) electrons. The lowest BCUT2D eigenvalue weighted by Gasteiger charge is -2.34. The topological polar surface area (TPSA) is 86.8 Å². The zero-order valence-electron chi connectivity index (χ0n) is 24.1. The van der Waals surface area contributed by atoms with Crippen LogP contribution in [0, 0.1) is 0 Å². The van der Waals surface area contributed by atoms with Crippen molar-refractivity contribution in [3.8, 4) is 0 Å². The lowest BCUT2D eigenvalue weighted by molar-refractivity contribution is -0.140. The Balaban J connectivity index is 1.76. The summed E-state index contributed by atoms with van der Waals surface area (Å²) in [5.41, 5.74) is 1.94. The summed E-state index contributed by atoms with van der Waals surface area (Å²) in [6, 6.07) is 32.2. The highest BCUT2D eigenvalue weighted by molar-refractivity contribution is 7.92. The predicted molar refractivity (Wildman–Crippen MR) is 171 cm³/mol. The fourth-order valence-electron chi connectivity index (χ4n) is 4.73. The van der Waals surface area contributed by atoms with Gasteiger partial charge in [0.25, 0.3) is 10.0 Å². The van der Waals surface area contributed by atoms with Gasteiger partial charge in [-0.05, 0) is 53.9 Å². The van der Waals surface area contributed by atoms with E-state index in [4.69, 9.17) is 11.6 Å². The Morgan fingerprint density at radius 2 is 1.42 bits per heavy atom. The van der Waals surface area contributed by atoms with Gasteiger partial charge in [0.1, 0.15) is 12.6 Å². The van der Waals surface area contributed by atoms with Gasteiger partial charge in [-0.2, -0.15) is 0 Å². The van der Waals surface area contributed by atoms with E-state index in [2.05, 4.69) is 5.32 Å². The van der Waals surface area contributed by atoms with Crippen LogP contribution >= 0.6 is 11.6 Å². The van der Waals surface area contributed by atoms with Gasteiger partial charge in [0.05, 0.1) is 10.6 Å². The number of rotatable bonds is 14. The number of nitrogens with one attached hydrogen (secondary N) is 1. The van der Waals surface area contributed by atoms with Crippen LogP contribution in [0.2, 0.25) is 5.02 Å². The van der Waals surface area contributed by atoms with E-state index in [1.807, 2.05) is 43.3 Å². The van der Waals surface area contributed by atoms with Crippen molar-refractivity contribution < 1.29 is 18.0 Å². The molecule has 224 valence electrons. The van der Waals surface area contributed by atoms with Crippen molar-refractivity contribution >= 4 is 39.1 Å². The van der Waals surface area contributed by atoms with E-state index >= 15 is 0 Å². The monoisotopic (exact) mass is 617 g/mol. The summed E-state index contributed by atoms with van der Waals surface area (Å²) in [6.45, 7) is 2.06. The van der Waals surface area contributed by atoms with E-state index < -0.39 is 28.5 Å². The minimum Gasteiger partial charge on any atom is -0.354 e. The summed E-state index contributed by atoms with van der Waals surface area (Å²) in [6.07, 6.45) is 1.95. The molecular formula is C34H36ClN3O4S. The summed E-state index contributed by atoms with van der Waals surface area (Å²) in [7, 11) is -4.12. The summed E-state index contributed by atoms with van der Waals surface area (Å²) in [4.78, 5) is 29.6. The van der Waals surface area contributed by atoms with Gasteiger partial charge in [-0.3, -0.25) is 13.9 Å². The van der Waals surface area contributed by atoms with Crippen molar-refractivity contribution in [1.29, 1.82) is 0 Å². The highest BCUT2D eigenvalue weighted by Gasteiger charge is 2.34. The fraction of sp³-hybridized carbons (Fsp3) is 0.235. The number of hydrogen-bond donors (Lipinski definition) is 1. The number of unbranched alkanes of at least 4 members (excludes halogenated alkanes) is 1. The number of carbonyl (C=O) groups excluding carboxylic acids is 2. The van der Waals surface area contributed by atoms with Crippen LogP contribution in [0.3, 0.4) is 0 Å². The normalized spacial score (nSPS) is 11.9. The number of nitrogens with zero attached hydrogens (tertiary/aromatic N) is 2. The molecule has 0 saturated heterocycles. The Hall–Kier alpha value is -4.14. The lowest BCUT2D eigenvalue weighted by atomic mass is 10.0. The fourth-order valence-corrected chi connectivity index (χ4v) is 6.38. The molecule has 4 aromatic carbocycles. The van der Waals surface area contributed by atoms with Gasteiger partial charge >= 0.3 is 0 Å². The molecule has 43 heavy (non-hydrogen) atoms. The number of sulfonamides is 1. The van der Waals surface area contributed by atoms with Crippen LogP contribution in [-0.2, 0) is 32.6 Å². The van der Waals surface area contributed by atoms with Gasteiger partial charge < -0.3 is 10.2 Å². The van der Waals surface area contributed by atoms with E-state index in [-0.39, 0.29) is 23.8 Å². The third-order valence-corrected chi connectivity index (χ3v) is 9.02. The van der Waals surface area contributed by atoms with Crippen molar-refractivity contribution in [2.75, 3.05) is 17.4 Å². The van der Waals surface area contributed by atoms with Gasteiger partial charge in [-0.15, -0.1) is 0 Å². The maximum absolute atomic E-state index is 14.4. The minimum atomic E-state index is -4.12. The van der Waals surface area contributed by atoms with Gasteiger partial charge in [-0.1, -0.05) is 104 Å². The molecule has 0 heterocycles. The van der Waals surface area contributed by atoms with Crippen molar-refractivity contribution in [3.63, 3.8) is 0 Å². The maximum atomic E-state index is 14.4. The van der Waals surface area contributed by atoms with Gasteiger partial charge in [0, 0.05) is 24.5 Å². The molecule has 0 spiro atoms. The number of para-hydroxylation sites is 1. The summed E-state index contributed by atoms with van der Waals surface area (Å²) in [5, 5.41) is 3.48. The number of hydrogen-bond acceptors (Lipinski definition) is 4. The zero-order valence-corrected chi connectivity index (χ0v) is 25.7. The average Bonchev–Trinajstić information content (AvgIpc) is 3.03. The Morgan fingerprint density at radius 3 is 2.05 bits per heavy atom. The van der Waals surface area contributed by atoms with E-state index in [9.17, 15) is 18.0 Å². The number of amides is 2. The number of anilines is 1. The Kier molecular flexibility index (Phi) is 11.4. The molecule has 2 amide bonds. The Bertz CT molecular complexity index is 1590. The number of halogens is 1. The third-order valence-electron chi connectivity index (χ3n) is 7.00. The molecule has 0 aliphatic carbocycles. The molecule has 0 aliphatic heterocycles. The molecule has 4 aromatic rings. The van der Waals surface area contributed by atoms with Crippen LogP contribution in [0.25, 0.3) is 0 Å². The summed E-state index contributed by atoms with van der Waals surface area (Å²) < 4.78 is 28.9. The van der Waals surface area contributed by atoms with Gasteiger partial charge in [0.15, 0.2) is 0 Å². The van der Waals surface area contributed by atoms with Gasteiger partial charge in [0.2, 0.25) is 11.8 Å². The van der Waals surface area contributed by atoms with E-state index in [0.717, 1.165) is 28.3 Å².